The molecular weight excluding hydrogens is 342 g/mol. The minimum Gasteiger partial charge on any atom is -0.454 e. The van der Waals surface area contributed by atoms with Crippen LogP contribution in [0.4, 0.5) is 0 Å². The lowest BCUT2D eigenvalue weighted by Gasteiger charge is -2.15. The average molecular weight is 362 g/mol. The first-order chi connectivity index (χ1) is 12.0. The topological polar surface area (TPSA) is 69.1 Å². The fourth-order valence-corrected chi connectivity index (χ4v) is 2.79. The molecule has 0 unspecified atom stereocenters. The molecule has 3 aromatic heterocycles. The van der Waals surface area contributed by atoms with Gasteiger partial charge in [0.05, 0.1) is 24.0 Å². The van der Waals surface area contributed by atoms with Crippen LogP contribution >= 0.6 is 11.6 Å². The van der Waals surface area contributed by atoms with E-state index in [0.29, 0.717) is 29.6 Å². The SMILES string of the molecule is CCn1ncc(CN(C)C(=O)c2ccc(Cn3cc(Cl)cn3)o2)c1C. The highest BCUT2D eigenvalue weighted by Gasteiger charge is 2.18. The highest BCUT2D eigenvalue weighted by molar-refractivity contribution is 6.30. The molecule has 0 saturated carbocycles. The summed E-state index contributed by atoms with van der Waals surface area (Å²) in [5.74, 6) is 0.774. The summed E-state index contributed by atoms with van der Waals surface area (Å²) in [6.07, 6.45) is 5.06. The van der Waals surface area contributed by atoms with E-state index >= 15 is 0 Å². The van der Waals surface area contributed by atoms with Crippen LogP contribution in [0.5, 0.6) is 0 Å². The van der Waals surface area contributed by atoms with Gasteiger partial charge in [0, 0.05) is 37.6 Å². The van der Waals surface area contributed by atoms with E-state index in [-0.39, 0.29) is 5.91 Å². The molecule has 7 nitrogen and oxygen atoms in total. The summed E-state index contributed by atoms with van der Waals surface area (Å²) in [7, 11) is 1.75. The highest BCUT2D eigenvalue weighted by Crippen LogP contribution is 2.15. The molecule has 0 aromatic carbocycles. The Bertz CT molecular complexity index is 879. The molecule has 3 rings (SSSR count). The largest absolute Gasteiger partial charge is 0.454 e. The molecule has 8 heteroatoms. The van der Waals surface area contributed by atoms with Crippen molar-refractivity contribution in [2.24, 2.45) is 0 Å². The second-order valence-corrected chi connectivity index (χ2v) is 6.29. The first-order valence-corrected chi connectivity index (χ1v) is 8.39. The van der Waals surface area contributed by atoms with E-state index in [9.17, 15) is 4.79 Å². The molecule has 0 spiro atoms. The van der Waals surface area contributed by atoms with Gasteiger partial charge in [-0.3, -0.25) is 14.2 Å². The van der Waals surface area contributed by atoms with Crippen molar-refractivity contribution in [3.63, 3.8) is 0 Å². The van der Waals surface area contributed by atoms with Crippen LogP contribution < -0.4 is 0 Å². The molecule has 132 valence electrons. The molecule has 3 heterocycles. The second-order valence-electron chi connectivity index (χ2n) is 5.85. The van der Waals surface area contributed by atoms with Gasteiger partial charge in [-0.25, -0.2) is 0 Å². The predicted octanol–water partition coefficient (Wildman–Crippen LogP) is 2.97. The molecule has 0 N–H and O–H groups in total. The molecule has 1 amide bonds. The monoisotopic (exact) mass is 361 g/mol. The predicted molar refractivity (Wildman–Crippen MR) is 93.5 cm³/mol. The van der Waals surface area contributed by atoms with E-state index in [2.05, 4.69) is 10.2 Å². The first-order valence-electron chi connectivity index (χ1n) is 8.01. The standard InChI is InChI=1S/C17H20ClN5O2/c1-4-23-12(2)13(7-20-23)9-21(3)17(24)16-6-5-15(25-16)11-22-10-14(18)8-19-22/h5-8,10H,4,9,11H2,1-3H3. The van der Waals surface area contributed by atoms with Gasteiger partial charge >= 0.3 is 0 Å². The maximum atomic E-state index is 12.6. The van der Waals surface area contributed by atoms with Crippen LogP contribution in [-0.4, -0.2) is 37.4 Å². The Hall–Kier alpha value is -2.54. The molecule has 0 saturated heterocycles. The van der Waals surface area contributed by atoms with Crippen molar-refractivity contribution in [3.05, 3.63) is 58.5 Å². The second kappa shape index (κ2) is 7.14. The van der Waals surface area contributed by atoms with Crippen molar-refractivity contribution in [3.8, 4) is 0 Å². The zero-order chi connectivity index (χ0) is 18.0. The minimum atomic E-state index is -0.173. The van der Waals surface area contributed by atoms with Gasteiger partial charge in [0.15, 0.2) is 5.76 Å². The molecule has 0 aliphatic carbocycles. The van der Waals surface area contributed by atoms with Crippen molar-refractivity contribution in [2.45, 2.75) is 33.5 Å². The van der Waals surface area contributed by atoms with Crippen LogP contribution in [0.15, 0.2) is 35.1 Å². The van der Waals surface area contributed by atoms with E-state index < -0.39 is 0 Å². The Labute approximate surface area is 150 Å². The summed E-state index contributed by atoms with van der Waals surface area (Å²) in [5, 5.41) is 8.96. The maximum absolute atomic E-state index is 12.6. The van der Waals surface area contributed by atoms with Crippen LogP contribution in [0.1, 0.15) is 34.5 Å². The van der Waals surface area contributed by atoms with Crippen molar-refractivity contribution in [1.29, 1.82) is 0 Å². The number of furan rings is 1. The van der Waals surface area contributed by atoms with Crippen LogP contribution in [-0.2, 0) is 19.6 Å². The molecular formula is C17H20ClN5O2. The van der Waals surface area contributed by atoms with Crippen LogP contribution in [0.3, 0.4) is 0 Å². The van der Waals surface area contributed by atoms with E-state index in [4.69, 9.17) is 16.0 Å². The molecule has 0 atom stereocenters. The van der Waals surface area contributed by atoms with Crippen molar-refractivity contribution in [1.82, 2.24) is 24.5 Å². The smallest absolute Gasteiger partial charge is 0.289 e. The number of amides is 1. The summed E-state index contributed by atoms with van der Waals surface area (Å²) in [5.41, 5.74) is 2.09. The number of aryl methyl sites for hydroxylation is 1. The van der Waals surface area contributed by atoms with Crippen LogP contribution in [0.2, 0.25) is 5.02 Å². The van der Waals surface area contributed by atoms with E-state index in [0.717, 1.165) is 17.8 Å². The average Bonchev–Trinajstić information content (AvgIpc) is 3.29. The third kappa shape index (κ3) is 3.76. The summed E-state index contributed by atoms with van der Waals surface area (Å²) in [4.78, 5) is 14.2. The van der Waals surface area contributed by atoms with Gasteiger partial charge in [0.25, 0.3) is 5.91 Å². The summed E-state index contributed by atoms with van der Waals surface area (Å²) in [6.45, 7) is 5.75. The van der Waals surface area contributed by atoms with Gasteiger partial charge in [-0.1, -0.05) is 11.6 Å². The number of hydrogen-bond donors (Lipinski definition) is 0. The molecule has 0 fully saturated rings. The Balaban J connectivity index is 1.66. The van der Waals surface area contributed by atoms with E-state index in [1.807, 2.05) is 18.5 Å². The highest BCUT2D eigenvalue weighted by atomic mass is 35.5. The lowest BCUT2D eigenvalue weighted by atomic mass is 10.2. The Morgan fingerprint density at radius 2 is 2.12 bits per heavy atom. The first kappa shape index (κ1) is 17.3. The minimum absolute atomic E-state index is 0.173. The normalized spacial score (nSPS) is 11.0. The number of carbonyl (C=O) groups is 1. The van der Waals surface area contributed by atoms with Crippen LogP contribution in [0, 0.1) is 6.92 Å². The molecule has 0 radical (unpaired) electrons. The van der Waals surface area contributed by atoms with E-state index in [1.54, 1.807) is 47.4 Å². The van der Waals surface area contributed by atoms with Gasteiger partial charge in [-0.15, -0.1) is 0 Å². The third-order valence-electron chi connectivity index (χ3n) is 4.05. The number of carbonyl (C=O) groups excluding carboxylic acids is 1. The number of nitrogens with zero attached hydrogens (tertiary/aromatic N) is 5. The summed E-state index contributed by atoms with van der Waals surface area (Å²) in [6, 6.07) is 3.46. The maximum Gasteiger partial charge on any atom is 0.289 e. The number of hydrogen-bond acceptors (Lipinski definition) is 4. The van der Waals surface area contributed by atoms with E-state index in [1.165, 1.54) is 0 Å². The Morgan fingerprint density at radius 1 is 1.32 bits per heavy atom. The number of halogens is 1. The zero-order valence-corrected chi connectivity index (χ0v) is 15.2. The lowest BCUT2D eigenvalue weighted by molar-refractivity contribution is 0.0751. The molecule has 25 heavy (non-hydrogen) atoms. The van der Waals surface area contributed by atoms with Crippen LogP contribution in [0.25, 0.3) is 0 Å². The van der Waals surface area contributed by atoms with Crippen molar-refractivity contribution in [2.75, 3.05) is 7.05 Å². The molecule has 0 bridgehead atoms. The molecule has 3 aromatic rings. The van der Waals surface area contributed by atoms with Gasteiger partial charge in [-0.05, 0) is 26.0 Å². The quantitative estimate of drug-likeness (QED) is 0.676. The molecule has 0 aliphatic heterocycles. The van der Waals surface area contributed by atoms with Gasteiger partial charge in [0.2, 0.25) is 0 Å². The Kier molecular flexibility index (Phi) is 4.94. The fourth-order valence-electron chi connectivity index (χ4n) is 2.64. The van der Waals surface area contributed by atoms with Crippen molar-refractivity contribution >= 4 is 17.5 Å². The molecule has 0 aliphatic rings. The van der Waals surface area contributed by atoms with Crippen molar-refractivity contribution < 1.29 is 9.21 Å². The Morgan fingerprint density at radius 3 is 2.76 bits per heavy atom. The zero-order valence-electron chi connectivity index (χ0n) is 14.4. The summed E-state index contributed by atoms with van der Waals surface area (Å²) >= 11 is 5.84. The number of rotatable bonds is 6. The number of aromatic nitrogens is 4. The lowest BCUT2D eigenvalue weighted by Crippen LogP contribution is -2.26. The van der Waals surface area contributed by atoms with Gasteiger partial charge in [-0.2, -0.15) is 10.2 Å². The third-order valence-corrected chi connectivity index (χ3v) is 4.25. The van der Waals surface area contributed by atoms with Gasteiger partial charge < -0.3 is 9.32 Å². The fraction of sp³-hybridized carbons (Fsp3) is 0.353. The summed E-state index contributed by atoms with van der Waals surface area (Å²) < 4.78 is 9.22. The van der Waals surface area contributed by atoms with Gasteiger partial charge in [0.1, 0.15) is 5.76 Å².